The summed E-state index contributed by atoms with van der Waals surface area (Å²) in [7, 11) is 4.54. The maximum atomic E-state index is 13.5. The van der Waals surface area contributed by atoms with Gasteiger partial charge in [-0.25, -0.2) is 4.98 Å². The van der Waals surface area contributed by atoms with Crippen LogP contribution >= 0.6 is 0 Å². The van der Waals surface area contributed by atoms with Gasteiger partial charge in [-0.1, -0.05) is 0 Å². The fraction of sp³-hybridized carbons (Fsp3) is 0.382. The van der Waals surface area contributed by atoms with E-state index in [-0.39, 0.29) is 17.2 Å². The van der Waals surface area contributed by atoms with E-state index in [4.69, 9.17) is 19.2 Å². The SMILES string of the molecule is COc1cc(C(=O)Nc2ccc3nc(-c4ccc(NC(=O)C56CC7CC(CC(C7)C5)C6)cc4)[nH]c3c2)cc(OC)c1OC. The van der Waals surface area contributed by atoms with E-state index in [1.807, 2.05) is 42.5 Å². The summed E-state index contributed by atoms with van der Waals surface area (Å²) in [6.07, 6.45) is 7.10. The fourth-order valence-electron chi connectivity index (χ4n) is 8.00. The molecule has 3 aromatic carbocycles. The van der Waals surface area contributed by atoms with Crippen LogP contribution in [0.4, 0.5) is 11.4 Å². The van der Waals surface area contributed by atoms with E-state index in [0.717, 1.165) is 59.3 Å². The maximum Gasteiger partial charge on any atom is 0.255 e. The highest BCUT2D eigenvalue weighted by Gasteiger charge is 2.54. The summed E-state index contributed by atoms with van der Waals surface area (Å²) in [5.41, 5.74) is 4.10. The summed E-state index contributed by atoms with van der Waals surface area (Å²) in [4.78, 5) is 34.6. The molecule has 4 saturated carbocycles. The molecule has 1 aromatic heterocycles. The number of benzene rings is 3. The molecule has 1 heterocycles. The Labute approximate surface area is 250 Å². The Balaban J connectivity index is 1.05. The average molecular weight is 581 g/mol. The third kappa shape index (κ3) is 4.96. The molecule has 4 bridgehead atoms. The number of carbonyl (C=O) groups is 2. The van der Waals surface area contributed by atoms with E-state index < -0.39 is 0 Å². The lowest BCUT2D eigenvalue weighted by Gasteiger charge is -2.55. The van der Waals surface area contributed by atoms with Gasteiger partial charge in [0.05, 0.1) is 37.8 Å². The number of aromatic nitrogens is 2. The van der Waals surface area contributed by atoms with Crippen molar-refractivity contribution in [1.29, 1.82) is 0 Å². The van der Waals surface area contributed by atoms with Gasteiger partial charge in [0.25, 0.3) is 5.91 Å². The molecule has 0 atom stereocenters. The quantitative estimate of drug-likeness (QED) is 0.215. The summed E-state index contributed by atoms with van der Waals surface area (Å²) in [6, 6.07) is 16.6. The minimum atomic E-state index is -0.315. The molecule has 8 rings (SSSR count). The zero-order chi connectivity index (χ0) is 29.7. The number of nitrogens with one attached hydrogen (secondary N) is 3. The van der Waals surface area contributed by atoms with Crippen molar-refractivity contribution in [2.45, 2.75) is 38.5 Å². The van der Waals surface area contributed by atoms with Crippen LogP contribution in [0.15, 0.2) is 54.6 Å². The number of hydrogen-bond acceptors (Lipinski definition) is 6. The minimum absolute atomic E-state index is 0.176. The molecular formula is C34H36N4O5. The first-order valence-corrected chi connectivity index (χ1v) is 14.9. The van der Waals surface area contributed by atoms with E-state index in [9.17, 15) is 9.59 Å². The Morgan fingerprint density at radius 2 is 1.40 bits per heavy atom. The number of amides is 2. The Morgan fingerprint density at radius 1 is 0.791 bits per heavy atom. The molecule has 3 N–H and O–H groups in total. The van der Waals surface area contributed by atoms with Crippen LogP contribution < -0.4 is 24.8 Å². The standard InChI is InChI=1S/C34H36N4O5/c1-41-28-13-23(14-29(42-2)30(28)43-3)32(39)35-25-8-9-26-27(15-25)38-31(37-26)22-4-6-24(7-5-22)36-33(40)34-16-19-10-20(17-34)12-21(11-19)18-34/h4-9,13-15,19-21H,10-12,16-18H2,1-3H3,(H,35,39)(H,36,40)(H,37,38). The summed E-state index contributed by atoms with van der Waals surface area (Å²) in [5, 5.41) is 6.16. The van der Waals surface area contributed by atoms with Gasteiger partial charge in [0, 0.05) is 22.5 Å². The van der Waals surface area contributed by atoms with Crippen LogP contribution in [0.5, 0.6) is 17.2 Å². The molecule has 4 aliphatic rings. The second kappa shape index (κ2) is 10.6. The van der Waals surface area contributed by atoms with Gasteiger partial charge in [0.2, 0.25) is 11.7 Å². The summed E-state index contributed by atoms with van der Waals surface area (Å²) in [5.74, 6) is 4.02. The van der Waals surface area contributed by atoms with Crippen LogP contribution in [0.2, 0.25) is 0 Å². The van der Waals surface area contributed by atoms with E-state index in [0.29, 0.717) is 34.3 Å². The molecular weight excluding hydrogens is 544 g/mol. The van der Waals surface area contributed by atoms with Gasteiger partial charge >= 0.3 is 0 Å². The second-order valence-corrected chi connectivity index (χ2v) is 12.4. The molecule has 0 saturated heterocycles. The van der Waals surface area contributed by atoms with Gasteiger partial charge in [-0.2, -0.15) is 0 Å². The summed E-state index contributed by atoms with van der Waals surface area (Å²) >= 11 is 0. The number of carbonyl (C=O) groups excluding carboxylic acids is 2. The molecule has 0 radical (unpaired) electrons. The minimum Gasteiger partial charge on any atom is -0.493 e. The van der Waals surface area contributed by atoms with Crippen molar-refractivity contribution in [2.24, 2.45) is 23.2 Å². The summed E-state index contributed by atoms with van der Waals surface area (Å²) in [6.45, 7) is 0. The van der Waals surface area contributed by atoms with Crippen molar-refractivity contribution in [3.63, 3.8) is 0 Å². The number of H-pyrrole nitrogens is 1. The molecule has 222 valence electrons. The van der Waals surface area contributed by atoms with E-state index in [2.05, 4.69) is 15.6 Å². The lowest BCUT2D eigenvalue weighted by Crippen LogP contribution is -2.51. The third-order valence-electron chi connectivity index (χ3n) is 9.60. The molecule has 4 aromatic rings. The van der Waals surface area contributed by atoms with Gasteiger partial charge in [-0.3, -0.25) is 9.59 Å². The van der Waals surface area contributed by atoms with Crippen molar-refractivity contribution in [1.82, 2.24) is 9.97 Å². The van der Waals surface area contributed by atoms with Crippen LogP contribution in [0, 0.1) is 23.2 Å². The second-order valence-electron chi connectivity index (χ2n) is 12.4. The van der Waals surface area contributed by atoms with Gasteiger partial charge in [0.1, 0.15) is 5.82 Å². The first-order chi connectivity index (χ1) is 20.9. The maximum absolute atomic E-state index is 13.5. The molecule has 9 nitrogen and oxygen atoms in total. The largest absolute Gasteiger partial charge is 0.493 e. The fourth-order valence-corrected chi connectivity index (χ4v) is 8.00. The van der Waals surface area contributed by atoms with Gasteiger partial charge < -0.3 is 29.8 Å². The van der Waals surface area contributed by atoms with Gasteiger partial charge in [-0.05, 0) is 111 Å². The van der Waals surface area contributed by atoms with Crippen LogP contribution in [0.25, 0.3) is 22.4 Å². The summed E-state index contributed by atoms with van der Waals surface area (Å²) < 4.78 is 16.1. The normalized spacial score (nSPS) is 23.7. The number of imidazole rings is 1. The zero-order valence-electron chi connectivity index (χ0n) is 24.7. The predicted octanol–water partition coefficient (Wildman–Crippen LogP) is 6.66. The number of nitrogens with zero attached hydrogens (tertiary/aromatic N) is 1. The van der Waals surface area contributed by atoms with Gasteiger partial charge in [0.15, 0.2) is 11.5 Å². The van der Waals surface area contributed by atoms with Crippen LogP contribution in [0.1, 0.15) is 48.9 Å². The Kier molecular flexibility index (Phi) is 6.75. The molecule has 0 unspecified atom stereocenters. The van der Waals surface area contributed by atoms with Crippen molar-refractivity contribution < 1.29 is 23.8 Å². The predicted molar refractivity (Wildman–Crippen MR) is 165 cm³/mol. The molecule has 2 amide bonds. The highest BCUT2D eigenvalue weighted by Crippen LogP contribution is 2.60. The van der Waals surface area contributed by atoms with Crippen LogP contribution in [0.3, 0.4) is 0 Å². The zero-order valence-corrected chi connectivity index (χ0v) is 24.7. The lowest BCUT2D eigenvalue weighted by molar-refractivity contribution is -0.140. The van der Waals surface area contributed by atoms with Crippen LogP contribution in [-0.2, 0) is 4.79 Å². The molecule has 4 aliphatic carbocycles. The molecule has 0 aliphatic heterocycles. The molecule has 43 heavy (non-hydrogen) atoms. The van der Waals surface area contributed by atoms with E-state index >= 15 is 0 Å². The molecule has 0 spiro atoms. The number of anilines is 2. The monoisotopic (exact) mass is 580 g/mol. The van der Waals surface area contributed by atoms with Gasteiger partial charge in [-0.15, -0.1) is 0 Å². The highest BCUT2D eigenvalue weighted by molar-refractivity contribution is 6.06. The number of methoxy groups -OCH3 is 3. The molecule has 4 fully saturated rings. The number of rotatable bonds is 8. The highest BCUT2D eigenvalue weighted by atomic mass is 16.5. The number of fused-ring (bicyclic) bond motifs is 1. The number of aromatic amines is 1. The van der Waals surface area contributed by atoms with Crippen LogP contribution in [-0.4, -0.2) is 43.1 Å². The van der Waals surface area contributed by atoms with E-state index in [1.165, 1.54) is 40.6 Å². The average Bonchev–Trinajstić information content (AvgIpc) is 3.43. The smallest absolute Gasteiger partial charge is 0.255 e. The Hall–Kier alpha value is -4.53. The lowest BCUT2D eigenvalue weighted by atomic mass is 9.49. The van der Waals surface area contributed by atoms with Crippen molar-refractivity contribution >= 4 is 34.2 Å². The van der Waals surface area contributed by atoms with Crippen molar-refractivity contribution in [3.05, 3.63) is 60.2 Å². The number of ether oxygens (including phenoxy) is 3. The van der Waals surface area contributed by atoms with E-state index in [1.54, 1.807) is 12.1 Å². The first-order valence-electron chi connectivity index (χ1n) is 14.9. The third-order valence-corrected chi connectivity index (χ3v) is 9.60. The van der Waals surface area contributed by atoms with Crippen molar-refractivity contribution in [3.8, 4) is 28.6 Å². The topological polar surface area (TPSA) is 115 Å². The molecule has 9 heteroatoms. The van der Waals surface area contributed by atoms with Crippen molar-refractivity contribution in [2.75, 3.05) is 32.0 Å². The first kappa shape index (κ1) is 27.3. The number of hydrogen-bond donors (Lipinski definition) is 3. The Bertz CT molecular complexity index is 1650. The Morgan fingerprint density at radius 3 is 1.98 bits per heavy atom.